The molecule has 10 amide bonds. The van der Waals surface area contributed by atoms with Crippen LogP contribution in [0.5, 0.6) is 0 Å². The lowest BCUT2D eigenvalue weighted by Gasteiger charge is -2.36. The van der Waals surface area contributed by atoms with Crippen molar-refractivity contribution in [2.75, 3.05) is 60.1 Å². The second kappa shape index (κ2) is 27.6. The Balaban J connectivity index is 1.32. The molecule has 490 valence electrons. The second-order valence-corrected chi connectivity index (χ2v) is 25.5. The van der Waals surface area contributed by atoms with Crippen molar-refractivity contribution < 1.29 is 71.4 Å². The number of nitrogens with two attached hydrogens (primary N) is 1. The van der Waals surface area contributed by atoms with Crippen molar-refractivity contribution in [1.82, 2.24) is 55.7 Å². The Labute approximate surface area is 522 Å². The summed E-state index contributed by atoms with van der Waals surface area (Å²) in [7, 11) is 5.59. The van der Waals surface area contributed by atoms with Crippen LogP contribution < -0.4 is 32.4 Å². The second-order valence-electron chi connectivity index (χ2n) is 25.5. The Kier molecular flexibility index (Phi) is 21.1. The molecule has 10 atom stereocenters. The van der Waals surface area contributed by atoms with Crippen molar-refractivity contribution >= 4 is 87.8 Å². The molecule has 0 saturated carbocycles. The number of cyclic esters (lactones) is 2. The number of hydrogen-bond donors (Lipinski definition) is 5. The summed E-state index contributed by atoms with van der Waals surface area (Å²) in [4.78, 5) is 199. The number of nitrogens with zero attached hydrogens (tertiary/aromatic N) is 7. The van der Waals surface area contributed by atoms with Gasteiger partial charge in [0.15, 0.2) is 11.3 Å². The number of esters is 2. The predicted octanol–water partition coefficient (Wildman–Crippen LogP) is 0.726. The standard InChI is InChI=1S/C62H86N12O16/c1-27(2)42-59(84)73-23-17-19-36(73)57(82)69(13)25-38(75)71(15)48(29(5)6)61(86)88-33(11)44(55(80)65-42)67-53(78)35-22-21-31(9)51-46(35)64-47-40(41(63)50(77)32(10)52(47)90-51)54(79)68-45-34(12)89-62(87)49(30(7)8)72(16)39(76)26-70(14)58(83)37-20-18-24-74(37)60(85)43(28(3)4)66-56(45)81/h21-22,27-30,33-34,36-37,42-45,48-49H,17-20,23-26,63H2,1-16H3,(H,65,80)(H,66,81)(H,67,78)(H,68,79)/t33-,34-,36+,37+,42-,43+,44?,45-,48-,49+/m1/s1. The van der Waals surface area contributed by atoms with Crippen molar-refractivity contribution in [1.29, 1.82) is 0 Å². The van der Waals surface area contributed by atoms with Crippen molar-refractivity contribution in [2.45, 2.75) is 169 Å². The molecule has 0 aromatic heterocycles. The highest BCUT2D eigenvalue weighted by Crippen LogP contribution is 2.35. The number of amides is 10. The number of nitrogen functional groups attached to an aromatic ring is 1. The molecule has 0 bridgehead atoms. The normalized spacial score (nSPS) is 26.2. The molecule has 0 radical (unpaired) electrons. The number of carbonyl (C=O) groups excluding carboxylic acids is 12. The summed E-state index contributed by atoms with van der Waals surface area (Å²) in [5, 5.41) is 10.7. The van der Waals surface area contributed by atoms with Gasteiger partial charge in [0, 0.05) is 46.8 Å². The van der Waals surface area contributed by atoms with Crippen LogP contribution in [0.3, 0.4) is 0 Å². The molecule has 0 spiro atoms. The van der Waals surface area contributed by atoms with Crippen molar-refractivity contribution in [3.8, 4) is 11.5 Å². The van der Waals surface area contributed by atoms with E-state index in [4.69, 9.17) is 24.6 Å². The predicted molar refractivity (Wildman–Crippen MR) is 325 cm³/mol. The number of likely N-dealkylation sites (N-methyl/N-ethyl adjacent to an activating group) is 4. The van der Waals surface area contributed by atoms with Crippen LogP contribution in [0, 0.1) is 37.5 Å². The Morgan fingerprint density at radius 3 is 1.44 bits per heavy atom. The molecule has 5 heterocycles. The highest BCUT2D eigenvalue weighted by atomic mass is 16.6. The van der Waals surface area contributed by atoms with Gasteiger partial charge in [0.25, 0.3) is 11.8 Å². The maximum Gasteiger partial charge on any atom is 0.329 e. The quantitative estimate of drug-likeness (QED) is 0.118. The van der Waals surface area contributed by atoms with Crippen LogP contribution in [0.4, 0.5) is 5.69 Å². The van der Waals surface area contributed by atoms with E-state index in [1.165, 1.54) is 80.7 Å². The number of nitrogens with one attached hydrogen (secondary N) is 4. The molecule has 28 nitrogen and oxygen atoms in total. The first-order valence-electron chi connectivity index (χ1n) is 30.5. The maximum atomic E-state index is 15.2. The van der Waals surface area contributed by atoms with Gasteiger partial charge in [-0.25, -0.2) is 14.6 Å². The largest absolute Gasteiger partial charge is 0.458 e. The Morgan fingerprint density at radius 2 is 1.03 bits per heavy atom. The number of rotatable bonds is 8. The molecule has 4 fully saturated rings. The van der Waals surface area contributed by atoms with E-state index in [1.54, 1.807) is 62.3 Å². The third-order valence-electron chi connectivity index (χ3n) is 17.5. The number of hydrogen-bond acceptors (Lipinski definition) is 18. The van der Waals surface area contributed by atoms with Gasteiger partial charge in [-0.1, -0.05) is 61.5 Å². The molecular weight excluding hydrogens is 1170 g/mol. The summed E-state index contributed by atoms with van der Waals surface area (Å²) in [6, 6.07) is -7.90. The van der Waals surface area contributed by atoms with Crippen LogP contribution in [0.15, 0.2) is 21.3 Å². The highest BCUT2D eigenvalue weighted by Gasteiger charge is 2.46. The molecule has 6 N–H and O–H groups in total. The van der Waals surface area contributed by atoms with Crippen molar-refractivity contribution in [2.24, 2.45) is 23.7 Å². The summed E-state index contributed by atoms with van der Waals surface area (Å²) in [5.74, 6) is -12.4. The molecule has 1 aliphatic carbocycles. The number of aromatic nitrogens is 1. The zero-order valence-corrected chi connectivity index (χ0v) is 54.1. The number of aryl methyl sites for hydroxylation is 1. The zero-order chi connectivity index (χ0) is 67.0. The first kappa shape index (κ1) is 68.8. The van der Waals surface area contributed by atoms with Crippen molar-refractivity contribution in [3.05, 3.63) is 44.6 Å². The number of fused-ring (bicyclic) bond motifs is 4. The van der Waals surface area contributed by atoms with E-state index in [2.05, 4.69) is 21.3 Å². The van der Waals surface area contributed by atoms with Gasteiger partial charge < -0.3 is 70.3 Å². The maximum absolute atomic E-state index is 15.2. The summed E-state index contributed by atoms with van der Waals surface area (Å²) in [6.07, 6.45) is -1.65. The molecule has 6 aliphatic rings. The van der Waals surface area contributed by atoms with E-state index < -0.39 is 191 Å². The van der Waals surface area contributed by atoms with Crippen LogP contribution >= 0.6 is 0 Å². The van der Waals surface area contributed by atoms with Gasteiger partial charge in [0.05, 0.1) is 29.9 Å². The highest BCUT2D eigenvalue weighted by molar-refractivity contribution is 6.10. The minimum absolute atomic E-state index is 0.0763. The topological polar surface area (TPSA) is 360 Å². The number of anilines is 1. The van der Waals surface area contributed by atoms with Gasteiger partial charge >= 0.3 is 11.9 Å². The first-order chi connectivity index (χ1) is 42.1. The Bertz CT molecular complexity index is 3420. The summed E-state index contributed by atoms with van der Waals surface area (Å²) in [6.45, 7) is 18.4. The third kappa shape index (κ3) is 13.7. The van der Waals surface area contributed by atoms with E-state index >= 15 is 9.59 Å². The molecular formula is C62H86N12O16. The molecule has 1 aromatic carbocycles. The zero-order valence-electron chi connectivity index (χ0n) is 54.1. The lowest BCUT2D eigenvalue weighted by Crippen LogP contribution is -2.61. The summed E-state index contributed by atoms with van der Waals surface area (Å²) >= 11 is 0. The minimum Gasteiger partial charge on any atom is -0.458 e. The number of ether oxygens (including phenoxy) is 2. The van der Waals surface area contributed by atoms with Gasteiger partial charge in [0.2, 0.25) is 52.7 Å². The molecule has 5 aliphatic heterocycles. The molecule has 7 rings (SSSR count). The van der Waals surface area contributed by atoms with E-state index in [-0.39, 0.29) is 53.9 Å². The van der Waals surface area contributed by atoms with Crippen molar-refractivity contribution in [3.63, 3.8) is 0 Å². The van der Waals surface area contributed by atoms with Gasteiger partial charge in [-0.2, -0.15) is 0 Å². The van der Waals surface area contributed by atoms with Gasteiger partial charge in [-0.15, -0.1) is 0 Å². The molecule has 1 aromatic rings. The fourth-order valence-corrected chi connectivity index (χ4v) is 12.3. The lowest BCUT2D eigenvalue weighted by atomic mass is 9.98. The molecule has 90 heavy (non-hydrogen) atoms. The monoisotopic (exact) mass is 1250 g/mol. The van der Waals surface area contributed by atoms with Gasteiger partial charge in [0.1, 0.15) is 71.8 Å². The lowest BCUT2D eigenvalue weighted by molar-refractivity contribution is -0.163. The van der Waals surface area contributed by atoms with Crippen LogP contribution in [-0.2, 0) is 57.4 Å². The van der Waals surface area contributed by atoms with Crippen LogP contribution in [-0.4, -0.2) is 220 Å². The minimum atomic E-state index is -1.88. The van der Waals surface area contributed by atoms with E-state index in [1.807, 2.05) is 0 Å². The number of benzene rings is 2. The van der Waals surface area contributed by atoms with Gasteiger partial charge in [-0.05, 0) is 88.7 Å². The van der Waals surface area contributed by atoms with Crippen LogP contribution in [0.1, 0.15) is 127 Å². The van der Waals surface area contributed by atoms with E-state index in [0.717, 1.165) is 9.80 Å². The first-order valence-corrected chi connectivity index (χ1v) is 30.5. The summed E-state index contributed by atoms with van der Waals surface area (Å²) < 4.78 is 18.3. The molecule has 28 heteroatoms. The number of carbonyl (C=O) groups is 12. The average molecular weight is 1260 g/mol. The fourth-order valence-electron chi connectivity index (χ4n) is 12.3. The third-order valence-corrected chi connectivity index (χ3v) is 17.5. The SMILES string of the molecule is Cc1c2oc3c(C)ccc(C(=O)NC4C(=O)N[C@H](C(C)C)C(=O)N5CCC[C@H]5C(=O)N(C)CC(=O)N(C)[C@H](C(C)C)C(=O)O[C@@H]4C)c3nc-2c(C(=O)N[C@H]2C(=O)N[C@@H](C(C)C)C(=O)N3CCC[C@H]3C(=O)N(C)CC(=O)N(C)[C@@H](C(C)C)C(=O)O[C@@H]2C)c(N)c1=O. The Hall–Kier alpha value is -8.72. The van der Waals surface area contributed by atoms with Crippen LogP contribution in [0.25, 0.3) is 22.6 Å². The van der Waals surface area contributed by atoms with Gasteiger partial charge in [-0.3, -0.25) is 52.7 Å². The average Bonchev–Trinajstić information content (AvgIpc) is 0.893. The van der Waals surface area contributed by atoms with E-state index in [9.17, 15) is 52.7 Å². The Morgan fingerprint density at radius 1 is 0.611 bits per heavy atom. The fraction of sp³-hybridized carbons (Fsp3) is 0.613. The molecule has 1 unspecified atom stereocenters. The smallest absolute Gasteiger partial charge is 0.329 e. The molecule has 4 saturated heterocycles. The van der Waals surface area contributed by atoms with Crippen LogP contribution in [0.2, 0.25) is 0 Å². The summed E-state index contributed by atoms with van der Waals surface area (Å²) in [5.41, 5.74) is 3.57. The van der Waals surface area contributed by atoms with E-state index in [0.29, 0.717) is 18.4 Å².